The molecule has 2 amide bonds. The molecule has 39 heavy (non-hydrogen) atoms. The van der Waals surface area contributed by atoms with E-state index in [1.54, 1.807) is 0 Å². The van der Waals surface area contributed by atoms with Crippen molar-refractivity contribution in [2.24, 2.45) is 4.99 Å². The van der Waals surface area contributed by atoms with Crippen molar-refractivity contribution >= 4 is 29.5 Å². The summed E-state index contributed by atoms with van der Waals surface area (Å²) in [7, 11) is 0. The lowest BCUT2D eigenvalue weighted by molar-refractivity contribution is -0.119. The maximum Gasteiger partial charge on any atom is 0.318 e. The number of carbonyl (C=O) groups excluding carboxylic acids is 2. The van der Waals surface area contributed by atoms with Gasteiger partial charge in [0.2, 0.25) is 11.9 Å². The second kappa shape index (κ2) is 9.73. The monoisotopic (exact) mass is 528 g/mol. The van der Waals surface area contributed by atoms with Gasteiger partial charge in [-0.05, 0) is 51.2 Å². The van der Waals surface area contributed by atoms with E-state index in [0.29, 0.717) is 49.0 Å². The van der Waals surface area contributed by atoms with E-state index in [-0.39, 0.29) is 23.9 Å². The third kappa shape index (κ3) is 4.66. The number of aliphatic imine (C=N–C) groups is 1. The maximum atomic E-state index is 13.4. The first-order chi connectivity index (χ1) is 18.8. The minimum absolute atomic E-state index is 0.0452. The Morgan fingerprint density at radius 2 is 1.92 bits per heavy atom. The Hall–Kier alpha value is -3.82. The van der Waals surface area contributed by atoms with E-state index < -0.39 is 5.54 Å². The molecule has 1 aromatic heterocycles. The fourth-order valence-electron chi connectivity index (χ4n) is 6.18. The number of rotatable bonds is 6. The standard InChI is InChI=1S/C29H36N8O2/c1-5-24(38)23-12-9-13-36(23)27-32-17(2)31-26(35-27)34-25-20-16-37(29(3,4)21(20)15-30-25)28(39)33-22-14-19(22)18-10-7-6-8-11-18/h6-8,10-11,19,22-23H,5,9,12-16H2,1-4H3,(H,33,39)(H,30,31,32,34,35)/t19?,22?,23-/m0/s1. The fraction of sp³-hybridized carbons (Fsp3) is 0.517. The molecule has 1 aliphatic carbocycles. The summed E-state index contributed by atoms with van der Waals surface area (Å²) in [5.41, 5.74) is 2.97. The van der Waals surface area contributed by atoms with Crippen LogP contribution in [-0.2, 0) is 4.79 Å². The van der Waals surface area contributed by atoms with E-state index in [1.807, 2.05) is 41.8 Å². The molecule has 0 radical (unpaired) electrons. The summed E-state index contributed by atoms with van der Waals surface area (Å²) < 4.78 is 0. The van der Waals surface area contributed by atoms with Gasteiger partial charge in [-0.15, -0.1) is 0 Å². The van der Waals surface area contributed by atoms with Gasteiger partial charge in [0, 0.05) is 30.5 Å². The molecule has 2 N–H and O–H groups in total. The topological polar surface area (TPSA) is 116 Å². The summed E-state index contributed by atoms with van der Waals surface area (Å²) in [6.07, 6.45) is 3.22. The van der Waals surface area contributed by atoms with E-state index in [0.717, 1.165) is 37.0 Å². The summed E-state index contributed by atoms with van der Waals surface area (Å²) in [5.74, 6) is 2.79. The van der Waals surface area contributed by atoms with Crippen LogP contribution in [0.4, 0.5) is 16.7 Å². The van der Waals surface area contributed by atoms with Gasteiger partial charge in [-0.3, -0.25) is 9.79 Å². The van der Waals surface area contributed by atoms with Crippen molar-refractivity contribution in [3.05, 3.63) is 52.9 Å². The van der Waals surface area contributed by atoms with Crippen LogP contribution in [0.5, 0.6) is 0 Å². The number of benzene rings is 1. The smallest absolute Gasteiger partial charge is 0.318 e. The first-order valence-electron chi connectivity index (χ1n) is 14.0. The molecule has 3 atom stereocenters. The van der Waals surface area contributed by atoms with Crippen molar-refractivity contribution in [3.8, 4) is 0 Å². The quantitative estimate of drug-likeness (QED) is 0.588. The molecule has 204 valence electrons. The predicted octanol–water partition coefficient (Wildman–Crippen LogP) is 3.61. The van der Waals surface area contributed by atoms with Crippen molar-refractivity contribution in [2.45, 2.75) is 76.9 Å². The second-order valence-electron chi connectivity index (χ2n) is 11.4. The molecule has 2 fully saturated rings. The highest BCUT2D eigenvalue weighted by Crippen LogP contribution is 2.42. The molecule has 3 aliphatic heterocycles. The zero-order valence-corrected chi connectivity index (χ0v) is 23.1. The molecule has 4 heterocycles. The van der Waals surface area contributed by atoms with Gasteiger partial charge in [-0.2, -0.15) is 15.0 Å². The van der Waals surface area contributed by atoms with Gasteiger partial charge in [0.25, 0.3) is 0 Å². The van der Waals surface area contributed by atoms with Crippen molar-refractivity contribution in [2.75, 3.05) is 29.9 Å². The Balaban J connectivity index is 1.15. The molecule has 6 rings (SSSR count). The summed E-state index contributed by atoms with van der Waals surface area (Å²) in [5, 5.41) is 6.57. The van der Waals surface area contributed by atoms with Crippen molar-refractivity contribution in [1.29, 1.82) is 0 Å². The van der Waals surface area contributed by atoms with Crippen LogP contribution >= 0.6 is 0 Å². The lowest BCUT2D eigenvalue weighted by Crippen LogP contribution is -2.51. The molecule has 1 aromatic carbocycles. The maximum absolute atomic E-state index is 13.4. The van der Waals surface area contributed by atoms with Crippen LogP contribution in [0.2, 0.25) is 0 Å². The number of aryl methyl sites for hydroxylation is 1. The number of amides is 2. The molecule has 10 nitrogen and oxygen atoms in total. The summed E-state index contributed by atoms with van der Waals surface area (Å²) in [6.45, 7) is 9.64. The van der Waals surface area contributed by atoms with Crippen molar-refractivity contribution in [3.63, 3.8) is 0 Å². The molecule has 1 saturated carbocycles. The van der Waals surface area contributed by atoms with Gasteiger partial charge < -0.3 is 20.4 Å². The highest BCUT2D eigenvalue weighted by Gasteiger charge is 2.48. The van der Waals surface area contributed by atoms with Gasteiger partial charge in [0.15, 0.2) is 5.78 Å². The van der Waals surface area contributed by atoms with E-state index in [1.165, 1.54) is 5.56 Å². The minimum atomic E-state index is -0.451. The summed E-state index contributed by atoms with van der Waals surface area (Å²) >= 11 is 0. The van der Waals surface area contributed by atoms with Crippen LogP contribution in [0.1, 0.15) is 63.8 Å². The number of nitrogens with zero attached hydrogens (tertiary/aromatic N) is 6. The molecule has 2 unspecified atom stereocenters. The first-order valence-corrected chi connectivity index (χ1v) is 14.0. The molecule has 0 spiro atoms. The normalized spacial score (nSPS) is 25.0. The predicted molar refractivity (Wildman–Crippen MR) is 150 cm³/mol. The number of aromatic nitrogens is 3. The third-order valence-electron chi connectivity index (χ3n) is 8.54. The number of ketones is 1. The Kier molecular flexibility index (Phi) is 6.35. The molecule has 4 aliphatic rings. The van der Waals surface area contributed by atoms with Gasteiger partial charge in [0.1, 0.15) is 11.7 Å². The van der Waals surface area contributed by atoms with Crippen molar-refractivity contribution in [1.82, 2.24) is 25.2 Å². The van der Waals surface area contributed by atoms with Gasteiger partial charge in [0.05, 0.1) is 24.7 Å². The molecule has 1 saturated heterocycles. The molecular weight excluding hydrogens is 492 g/mol. The summed E-state index contributed by atoms with van der Waals surface area (Å²) in [4.78, 5) is 48.3. The van der Waals surface area contributed by atoms with Gasteiger partial charge in [-0.25, -0.2) is 4.79 Å². The number of carbonyl (C=O) groups is 2. The fourth-order valence-corrected chi connectivity index (χ4v) is 6.18. The number of hydrogen-bond donors (Lipinski definition) is 2. The zero-order chi connectivity index (χ0) is 27.3. The Labute approximate surface area is 229 Å². The van der Waals surface area contributed by atoms with Gasteiger partial charge in [-0.1, -0.05) is 37.3 Å². The molecule has 2 aromatic rings. The van der Waals surface area contributed by atoms with E-state index in [9.17, 15) is 9.59 Å². The van der Waals surface area contributed by atoms with Crippen LogP contribution < -0.4 is 15.5 Å². The average molecular weight is 529 g/mol. The van der Waals surface area contributed by atoms with Gasteiger partial charge >= 0.3 is 6.03 Å². The number of urea groups is 1. The van der Waals surface area contributed by atoms with Crippen LogP contribution in [0.15, 0.2) is 46.5 Å². The minimum Gasteiger partial charge on any atom is -0.335 e. The van der Waals surface area contributed by atoms with E-state index >= 15 is 0 Å². The molecule has 10 heteroatoms. The van der Waals surface area contributed by atoms with Crippen molar-refractivity contribution < 1.29 is 9.59 Å². The Morgan fingerprint density at radius 3 is 2.69 bits per heavy atom. The molecule has 0 bridgehead atoms. The van der Waals surface area contributed by atoms with Crippen LogP contribution in [0.3, 0.4) is 0 Å². The highest BCUT2D eigenvalue weighted by atomic mass is 16.2. The third-order valence-corrected chi connectivity index (χ3v) is 8.54. The SMILES string of the molecule is CCC(=O)[C@@H]1CCCN1c1nc(C)nc(NC2=NCC3=C2CN(C(=O)NC2CC2c2ccccc2)C3(C)C)n1. The van der Waals surface area contributed by atoms with Crippen LogP contribution in [0, 0.1) is 6.92 Å². The average Bonchev–Trinajstić information content (AvgIpc) is 3.23. The van der Waals surface area contributed by atoms with E-state index in [4.69, 9.17) is 4.99 Å². The van der Waals surface area contributed by atoms with Crippen LogP contribution in [-0.4, -0.2) is 74.8 Å². The Morgan fingerprint density at radius 1 is 1.13 bits per heavy atom. The van der Waals surface area contributed by atoms with E-state index in [2.05, 4.69) is 51.6 Å². The number of Topliss-reactive ketones (excluding diaryl/α,β-unsaturated/α-hetero) is 1. The lowest BCUT2D eigenvalue weighted by atomic mass is 9.94. The molecular formula is C29H36N8O2. The zero-order valence-electron chi connectivity index (χ0n) is 23.1. The number of hydrogen-bond acceptors (Lipinski definition) is 8. The summed E-state index contributed by atoms with van der Waals surface area (Å²) in [6, 6.07) is 10.3. The Bertz CT molecular complexity index is 1370. The largest absolute Gasteiger partial charge is 0.335 e. The second-order valence-corrected chi connectivity index (χ2v) is 11.4. The highest BCUT2D eigenvalue weighted by molar-refractivity contribution is 6.11. The lowest BCUT2D eigenvalue weighted by Gasteiger charge is -2.34. The van der Waals surface area contributed by atoms with Crippen LogP contribution in [0.25, 0.3) is 0 Å². The first kappa shape index (κ1) is 25.5. The number of anilines is 2. The number of amidine groups is 1. The number of nitrogens with one attached hydrogen (secondary N) is 2.